The van der Waals surface area contributed by atoms with Gasteiger partial charge in [-0.05, 0) is 42.3 Å². The van der Waals surface area contributed by atoms with Crippen LogP contribution in [0.2, 0.25) is 0 Å². The van der Waals surface area contributed by atoms with Crippen LogP contribution >= 0.6 is 15.9 Å². The molecule has 1 N–H and O–H groups in total. The molecule has 0 bridgehead atoms. The molecule has 0 aromatic heterocycles. The van der Waals surface area contributed by atoms with E-state index in [-0.39, 0.29) is 12.2 Å². The number of carbonyl (C=O) groups excluding carboxylic acids is 2. The van der Waals surface area contributed by atoms with Gasteiger partial charge in [0, 0.05) is 10.2 Å². The number of hydrogen-bond acceptors (Lipinski definition) is 4. The first-order valence-electron chi connectivity index (χ1n) is 7.43. The van der Waals surface area contributed by atoms with Crippen molar-refractivity contribution >= 4 is 33.5 Å². The third-order valence-corrected chi connectivity index (χ3v) is 3.88. The number of esters is 1. The number of para-hydroxylation sites is 1. The molecule has 0 saturated heterocycles. The lowest BCUT2D eigenvalue weighted by molar-refractivity contribution is -0.119. The van der Waals surface area contributed by atoms with Crippen molar-refractivity contribution in [3.8, 4) is 5.75 Å². The first-order chi connectivity index (χ1) is 11.5. The van der Waals surface area contributed by atoms with Crippen LogP contribution in [0.3, 0.4) is 0 Å². The van der Waals surface area contributed by atoms with Gasteiger partial charge in [-0.15, -0.1) is 0 Å². The van der Waals surface area contributed by atoms with Crippen LogP contribution < -0.4 is 10.1 Å². The summed E-state index contributed by atoms with van der Waals surface area (Å²) in [6.07, 6.45) is 0.774. The highest BCUT2D eigenvalue weighted by Crippen LogP contribution is 2.22. The Kier molecular flexibility index (Phi) is 6.37. The molecule has 0 aliphatic carbocycles. The van der Waals surface area contributed by atoms with Gasteiger partial charge in [-0.25, -0.2) is 4.79 Å². The van der Waals surface area contributed by atoms with E-state index in [1.54, 1.807) is 24.3 Å². The van der Waals surface area contributed by atoms with Gasteiger partial charge in [-0.1, -0.05) is 35.0 Å². The van der Waals surface area contributed by atoms with Crippen LogP contribution in [0, 0.1) is 0 Å². The van der Waals surface area contributed by atoms with E-state index in [2.05, 4.69) is 21.2 Å². The Morgan fingerprint density at radius 2 is 1.92 bits per heavy atom. The van der Waals surface area contributed by atoms with Crippen molar-refractivity contribution in [2.24, 2.45) is 0 Å². The number of methoxy groups -OCH3 is 1. The van der Waals surface area contributed by atoms with E-state index >= 15 is 0 Å². The number of anilines is 1. The molecule has 0 fully saturated rings. The Bertz CT molecular complexity index is 746. The number of hydrogen-bond donors (Lipinski definition) is 1. The zero-order valence-corrected chi connectivity index (χ0v) is 15.1. The maximum atomic E-state index is 12.1. The van der Waals surface area contributed by atoms with Crippen molar-refractivity contribution in [2.45, 2.75) is 13.3 Å². The van der Waals surface area contributed by atoms with Crippen LogP contribution in [-0.2, 0) is 16.0 Å². The summed E-state index contributed by atoms with van der Waals surface area (Å²) in [5, 5.41) is 2.76. The van der Waals surface area contributed by atoms with E-state index in [4.69, 9.17) is 9.47 Å². The number of aryl methyl sites for hydroxylation is 1. The van der Waals surface area contributed by atoms with Gasteiger partial charge >= 0.3 is 5.97 Å². The summed E-state index contributed by atoms with van der Waals surface area (Å²) in [5.41, 5.74) is 1.98. The number of carbonyl (C=O) groups is 2. The number of halogens is 1. The van der Waals surface area contributed by atoms with Crippen LogP contribution in [0.4, 0.5) is 5.69 Å². The van der Waals surface area contributed by atoms with Crippen molar-refractivity contribution in [2.75, 3.05) is 19.0 Å². The summed E-state index contributed by atoms with van der Waals surface area (Å²) in [6.45, 7) is 1.63. The maximum absolute atomic E-state index is 12.1. The summed E-state index contributed by atoms with van der Waals surface area (Å²) in [7, 11) is 1.47. The van der Waals surface area contributed by atoms with Crippen molar-refractivity contribution in [3.63, 3.8) is 0 Å². The van der Waals surface area contributed by atoms with Crippen LogP contribution in [0.15, 0.2) is 46.9 Å². The molecule has 6 heteroatoms. The maximum Gasteiger partial charge on any atom is 0.342 e. The zero-order chi connectivity index (χ0) is 17.5. The van der Waals surface area contributed by atoms with Gasteiger partial charge in [0.05, 0.1) is 7.11 Å². The second-order valence-corrected chi connectivity index (χ2v) is 5.90. The quantitative estimate of drug-likeness (QED) is 0.760. The lowest BCUT2D eigenvalue weighted by atomic mass is 10.1. The number of rotatable bonds is 6. The molecule has 0 radical (unpaired) electrons. The predicted molar refractivity (Wildman–Crippen MR) is 95.4 cm³/mol. The molecule has 2 rings (SSSR count). The van der Waals surface area contributed by atoms with Gasteiger partial charge in [-0.2, -0.15) is 0 Å². The molecule has 126 valence electrons. The smallest absolute Gasteiger partial charge is 0.342 e. The normalized spacial score (nSPS) is 10.1. The minimum absolute atomic E-state index is 0.283. The summed E-state index contributed by atoms with van der Waals surface area (Å²) < 4.78 is 11.1. The molecule has 5 nitrogen and oxygen atoms in total. The number of nitrogens with one attached hydrogen (secondary N) is 1. The van der Waals surface area contributed by atoms with Crippen LogP contribution in [0.1, 0.15) is 22.8 Å². The first-order valence-corrected chi connectivity index (χ1v) is 8.22. The van der Waals surface area contributed by atoms with E-state index in [1.165, 1.54) is 7.11 Å². The topological polar surface area (TPSA) is 64.6 Å². The van der Waals surface area contributed by atoms with E-state index in [0.717, 1.165) is 16.5 Å². The summed E-state index contributed by atoms with van der Waals surface area (Å²) in [6, 6.07) is 12.3. The fourth-order valence-electron chi connectivity index (χ4n) is 2.19. The van der Waals surface area contributed by atoms with Crippen molar-refractivity contribution in [1.82, 2.24) is 0 Å². The Labute approximate surface area is 149 Å². The van der Waals surface area contributed by atoms with Gasteiger partial charge in [0.15, 0.2) is 6.61 Å². The monoisotopic (exact) mass is 391 g/mol. The summed E-state index contributed by atoms with van der Waals surface area (Å²) in [5.74, 6) is -0.589. The number of benzene rings is 2. The summed E-state index contributed by atoms with van der Waals surface area (Å²) in [4.78, 5) is 24.1. The van der Waals surface area contributed by atoms with Crippen LogP contribution in [-0.4, -0.2) is 25.6 Å². The van der Waals surface area contributed by atoms with Gasteiger partial charge in [0.25, 0.3) is 5.91 Å². The Morgan fingerprint density at radius 3 is 2.62 bits per heavy atom. The third kappa shape index (κ3) is 4.58. The largest absolute Gasteiger partial charge is 0.496 e. The standard InChI is InChI=1S/C18H18BrNO4/c1-3-12-10-13(19)8-9-15(12)20-17(21)11-24-18(22)14-6-4-5-7-16(14)23-2/h4-10H,3,11H2,1-2H3,(H,20,21). The highest BCUT2D eigenvalue weighted by molar-refractivity contribution is 9.10. The fourth-order valence-corrected chi connectivity index (χ4v) is 2.59. The lowest BCUT2D eigenvalue weighted by Crippen LogP contribution is -2.21. The van der Waals surface area contributed by atoms with E-state index in [9.17, 15) is 9.59 Å². The third-order valence-electron chi connectivity index (χ3n) is 3.38. The second-order valence-electron chi connectivity index (χ2n) is 4.98. The fraction of sp³-hybridized carbons (Fsp3) is 0.222. The average molecular weight is 392 g/mol. The molecule has 0 aliphatic heterocycles. The van der Waals surface area contributed by atoms with Crippen LogP contribution in [0.25, 0.3) is 0 Å². The second kappa shape index (κ2) is 8.49. The Morgan fingerprint density at radius 1 is 1.17 bits per heavy atom. The molecule has 0 atom stereocenters. The molecule has 0 unspecified atom stereocenters. The van der Waals surface area contributed by atoms with Gasteiger partial charge in [0.2, 0.25) is 0 Å². The SMILES string of the molecule is CCc1cc(Br)ccc1NC(=O)COC(=O)c1ccccc1OC. The minimum Gasteiger partial charge on any atom is -0.496 e. The van der Waals surface area contributed by atoms with Gasteiger partial charge < -0.3 is 14.8 Å². The van der Waals surface area contributed by atoms with Crippen molar-refractivity contribution in [1.29, 1.82) is 0 Å². The highest BCUT2D eigenvalue weighted by atomic mass is 79.9. The highest BCUT2D eigenvalue weighted by Gasteiger charge is 2.15. The predicted octanol–water partition coefficient (Wildman–Crippen LogP) is 3.82. The molecular weight excluding hydrogens is 374 g/mol. The molecule has 0 spiro atoms. The Hall–Kier alpha value is -2.34. The summed E-state index contributed by atoms with van der Waals surface area (Å²) >= 11 is 3.40. The van der Waals surface area contributed by atoms with E-state index < -0.39 is 11.9 Å². The van der Waals surface area contributed by atoms with Gasteiger partial charge in [-0.3, -0.25) is 4.79 Å². The van der Waals surface area contributed by atoms with Crippen molar-refractivity contribution in [3.05, 3.63) is 58.1 Å². The molecule has 0 heterocycles. The zero-order valence-electron chi connectivity index (χ0n) is 13.5. The molecule has 0 saturated carbocycles. The number of amides is 1. The molecule has 2 aromatic carbocycles. The Balaban J connectivity index is 1.97. The molecule has 0 aliphatic rings. The first kappa shape index (κ1) is 18.0. The van der Waals surface area contributed by atoms with Crippen molar-refractivity contribution < 1.29 is 19.1 Å². The van der Waals surface area contributed by atoms with Crippen LogP contribution in [0.5, 0.6) is 5.75 Å². The average Bonchev–Trinajstić information content (AvgIpc) is 2.61. The van der Waals surface area contributed by atoms with E-state index in [0.29, 0.717) is 11.4 Å². The lowest BCUT2D eigenvalue weighted by Gasteiger charge is -2.11. The molecule has 24 heavy (non-hydrogen) atoms. The minimum atomic E-state index is -0.603. The molecular formula is C18H18BrNO4. The molecule has 1 amide bonds. The molecule has 2 aromatic rings. The van der Waals surface area contributed by atoms with Gasteiger partial charge in [0.1, 0.15) is 11.3 Å². The van der Waals surface area contributed by atoms with E-state index in [1.807, 2.05) is 25.1 Å². The number of ether oxygens (including phenoxy) is 2.